The topological polar surface area (TPSA) is 85.9 Å². The molecule has 0 bridgehead atoms. The molecular formula is C22H24ClN5O3S. The highest BCUT2D eigenvalue weighted by Crippen LogP contribution is 2.27. The minimum absolute atomic E-state index is 0.109. The van der Waals surface area contributed by atoms with Crippen molar-refractivity contribution in [1.29, 1.82) is 0 Å². The van der Waals surface area contributed by atoms with Crippen molar-refractivity contribution >= 4 is 50.0 Å². The normalized spacial score (nSPS) is 15.3. The quantitative estimate of drug-likeness (QED) is 0.615. The molecule has 168 valence electrons. The molecule has 1 aliphatic heterocycles. The van der Waals surface area contributed by atoms with Crippen molar-refractivity contribution in [1.82, 2.24) is 18.5 Å². The number of amides is 1. The lowest BCUT2D eigenvalue weighted by molar-refractivity contribution is 0.0695. The van der Waals surface area contributed by atoms with Crippen molar-refractivity contribution in [2.75, 3.05) is 45.6 Å². The zero-order chi connectivity index (χ0) is 22.9. The number of nitrogens with zero attached hydrogens (tertiary/aromatic N) is 4. The van der Waals surface area contributed by atoms with E-state index in [1.165, 1.54) is 22.7 Å². The molecule has 0 radical (unpaired) electrons. The number of pyridine rings is 1. The van der Waals surface area contributed by atoms with Crippen LogP contribution in [0.1, 0.15) is 10.4 Å². The zero-order valence-electron chi connectivity index (χ0n) is 17.8. The van der Waals surface area contributed by atoms with Crippen LogP contribution in [-0.4, -0.2) is 73.1 Å². The second-order valence-electron chi connectivity index (χ2n) is 7.70. The molecule has 1 amide bonds. The molecule has 10 heteroatoms. The number of piperazine rings is 1. The van der Waals surface area contributed by atoms with Gasteiger partial charge in [-0.15, -0.1) is 0 Å². The largest absolute Gasteiger partial charge is 0.355 e. The monoisotopic (exact) mass is 473 g/mol. The van der Waals surface area contributed by atoms with E-state index in [0.29, 0.717) is 23.7 Å². The number of halogens is 1. The SMILES string of the molecule is CN(C)S(=O)(=O)N1CCN(C(=O)c2ccc(Nc3ccnc4cc(Cl)ccc34)cc2)CC1. The Kier molecular flexibility index (Phi) is 6.34. The third-order valence-corrected chi connectivity index (χ3v) is 7.60. The van der Waals surface area contributed by atoms with Gasteiger partial charge in [-0.2, -0.15) is 17.0 Å². The first-order valence-corrected chi connectivity index (χ1v) is 11.9. The molecule has 0 aliphatic carbocycles. The summed E-state index contributed by atoms with van der Waals surface area (Å²) in [5, 5.41) is 4.94. The molecule has 1 saturated heterocycles. The number of carbonyl (C=O) groups is 1. The second kappa shape index (κ2) is 9.03. The highest BCUT2D eigenvalue weighted by Gasteiger charge is 2.30. The second-order valence-corrected chi connectivity index (χ2v) is 10.3. The predicted octanol–water partition coefficient (Wildman–Crippen LogP) is 3.20. The average molecular weight is 474 g/mol. The first-order valence-electron chi connectivity index (χ1n) is 10.1. The van der Waals surface area contributed by atoms with E-state index in [-0.39, 0.29) is 19.0 Å². The standard InChI is InChI=1S/C22H24ClN5O3S/c1-26(2)32(30,31)28-13-11-27(12-14-28)22(29)16-3-6-18(7-4-16)25-20-9-10-24-21-15-17(23)5-8-19(20)21/h3-10,15H,11-14H2,1-2H3,(H,24,25). The van der Waals surface area contributed by atoms with Gasteiger partial charge in [-0.05, 0) is 48.5 Å². The van der Waals surface area contributed by atoms with Gasteiger partial charge >= 0.3 is 0 Å². The van der Waals surface area contributed by atoms with Gasteiger partial charge in [0.05, 0.1) is 5.52 Å². The number of hydrogen-bond donors (Lipinski definition) is 1. The molecule has 32 heavy (non-hydrogen) atoms. The molecule has 2 heterocycles. The van der Waals surface area contributed by atoms with Crippen LogP contribution in [0.15, 0.2) is 54.7 Å². The Morgan fingerprint density at radius 3 is 2.38 bits per heavy atom. The highest BCUT2D eigenvalue weighted by molar-refractivity contribution is 7.86. The van der Waals surface area contributed by atoms with E-state index in [9.17, 15) is 13.2 Å². The number of fused-ring (bicyclic) bond motifs is 1. The molecule has 0 atom stereocenters. The summed E-state index contributed by atoms with van der Waals surface area (Å²) in [5.41, 5.74) is 3.09. The molecule has 1 fully saturated rings. The number of nitrogens with one attached hydrogen (secondary N) is 1. The van der Waals surface area contributed by atoms with Gasteiger partial charge in [-0.3, -0.25) is 9.78 Å². The number of anilines is 2. The van der Waals surface area contributed by atoms with Crippen LogP contribution in [0.2, 0.25) is 5.02 Å². The van der Waals surface area contributed by atoms with Gasteiger partial charge in [0.15, 0.2) is 0 Å². The third-order valence-electron chi connectivity index (χ3n) is 5.43. The smallest absolute Gasteiger partial charge is 0.281 e. The van der Waals surface area contributed by atoms with E-state index in [2.05, 4.69) is 10.3 Å². The zero-order valence-corrected chi connectivity index (χ0v) is 19.4. The minimum Gasteiger partial charge on any atom is -0.355 e. The highest BCUT2D eigenvalue weighted by atomic mass is 35.5. The van der Waals surface area contributed by atoms with E-state index in [1.807, 2.05) is 36.4 Å². The average Bonchev–Trinajstić information content (AvgIpc) is 2.79. The Balaban J connectivity index is 1.43. The maximum atomic E-state index is 12.9. The van der Waals surface area contributed by atoms with Crippen LogP contribution in [0.4, 0.5) is 11.4 Å². The van der Waals surface area contributed by atoms with E-state index in [4.69, 9.17) is 11.6 Å². The van der Waals surface area contributed by atoms with Crippen LogP contribution in [0.25, 0.3) is 10.9 Å². The van der Waals surface area contributed by atoms with Gasteiger partial charge in [0.25, 0.3) is 16.1 Å². The molecule has 2 aromatic carbocycles. The summed E-state index contributed by atoms with van der Waals surface area (Å²) in [4.78, 5) is 18.9. The van der Waals surface area contributed by atoms with E-state index < -0.39 is 10.2 Å². The molecule has 4 rings (SSSR count). The molecule has 1 N–H and O–H groups in total. The molecule has 0 saturated carbocycles. The van der Waals surface area contributed by atoms with Gasteiger partial charge in [0.1, 0.15) is 0 Å². The first kappa shape index (κ1) is 22.5. The van der Waals surface area contributed by atoms with Crippen LogP contribution < -0.4 is 5.32 Å². The lowest BCUT2D eigenvalue weighted by Crippen LogP contribution is -2.53. The minimum atomic E-state index is -3.46. The van der Waals surface area contributed by atoms with Crippen molar-refractivity contribution in [3.8, 4) is 0 Å². The third kappa shape index (κ3) is 4.56. The van der Waals surface area contributed by atoms with Crippen molar-refractivity contribution in [2.45, 2.75) is 0 Å². The van der Waals surface area contributed by atoms with Crippen LogP contribution in [-0.2, 0) is 10.2 Å². The maximum Gasteiger partial charge on any atom is 0.281 e. The summed E-state index contributed by atoms with van der Waals surface area (Å²) >= 11 is 6.06. The summed E-state index contributed by atoms with van der Waals surface area (Å²) < 4.78 is 27.1. The Labute approximate surface area is 192 Å². The van der Waals surface area contributed by atoms with Gasteiger partial charge < -0.3 is 10.2 Å². The summed E-state index contributed by atoms with van der Waals surface area (Å²) in [5.74, 6) is -0.109. The van der Waals surface area contributed by atoms with E-state index in [0.717, 1.165) is 22.3 Å². The van der Waals surface area contributed by atoms with Crippen LogP contribution in [0.5, 0.6) is 0 Å². The van der Waals surface area contributed by atoms with Crippen LogP contribution in [0.3, 0.4) is 0 Å². The summed E-state index contributed by atoms with van der Waals surface area (Å²) in [7, 11) is -0.446. The van der Waals surface area contributed by atoms with Gasteiger partial charge in [-0.25, -0.2) is 0 Å². The van der Waals surface area contributed by atoms with Crippen molar-refractivity contribution < 1.29 is 13.2 Å². The number of aromatic nitrogens is 1. The molecule has 3 aromatic rings. The summed E-state index contributed by atoms with van der Waals surface area (Å²) in [6.07, 6.45) is 1.72. The fourth-order valence-electron chi connectivity index (χ4n) is 3.62. The van der Waals surface area contributed by atoms with E-state index in [1.54, 1.807) is 23.2 Å². The van der Waals surface area contributed by atoms with Gasteiger partial charge in [0, 0.05) is 73.8 Å². The fraction of sp³-hybridized carbons (Fsp3) is 0.273. The Hall–Kier alpha value is -2.72. The number of rotatable bonds is 5. The van der Waals surface area contributed by atoms with Crippen molar-refractivity contribution in [2.24, 2.45) is 0 Å². The molecule has 8 nitrogen and oxygen atoms in total. The Bertz CT molecular complexity index is 1240. The van der Waals surface area contributed by atoms with Crippen molar-refractivity contribution in [3.05, 3.63) is 65.3 Å². The maximum absolute atomic E-state index is 12.9. The van der Waals surface area contributed by atoms with Crippen LogP contribution >= 0.6 is 11.6 Å². The van der Waals surface area contributed by atoms with Crippen LogP contribution in [0, 0.1) is 0 Å². The Morgan fingerprint density at radius 2 is 1.72 bits per heavy atom. The number of carbonyl (C=O) groups excluding carboxylic acids is 1. The molecular weight excluding hydrogens is 450 g/mol. The van der Waals surface area contributed by atoms with E-state index >= 15 is 0 Å². The lowest BCUT2D eigenvalue weighted by atomic mass is 10.1. The molecule has 0 unspecified atom stereocenters. The number of hydrogen-bond acceptors (Lipinski definition) is 5. The summed E-state index contributed by atoms with van der Waals surface area (Å²) in [6.45, 7) is 1.28. The van der Waals surface area contributed by atoms with Gasteiger partial charge in [-0.1, -0.05) is 11.6 Å². The first-order chi connectivity index (χ1) is 15.3. The molecule has 0 spiro atoms. The predicted molar refractivity (Wildman–Crippen MR) is 127 cm³/mol. The fourth-order valence-corrected chi connectivity index (χ4v) is 4.87. The molecule has 1 aromatic heterocycles. The number of benzene rings is 2. The Morgan fingerprint density at radius 1 is 1.03 bits per heavy atom. The van der Waals surface area contributed by atoms with Gasteiger partial charge in [0.2, 0.25) is 0 Å². The lowest BCUT2D eigenvalue weighted by Gasteiger charge is -2.35. The summed E-state index contributed by atoms with van der Waals surface area (Å²) in [6, 6.07) is 14.7. The molecule has 1 aliphatic rings. The van der Waals surface area contributed by atoms with Crippen molar-refractivity contribution in [3.63, 3.8) is 0 Å².